The molecule has 0 aliphatic carbocycles. The lowest BCUT2D eigenvalue weighted by molar-refractivity contribution is -0.116. The average Bonchev–Trinajstić information content (AvgIpc) is 3.01. The van der Waals surface area contributed by atoms with E-state index >= 15 is 0 Å². The predicted octanol–water partition coefficient (Wildman–Crippen LogP) is 5.35. The highest BCUT2D eigenvalue weighted by molar-refractivity contribution is 7.16. The lowest BCUT2D eigenvalue weighted by Crippen LogP contribution is -2.12. The standard InChI is InChI=1S/C20H19ClN2O2S/c1-13-19(15-7-10-16(21)11-8-15)23-20(26-13)22-18(24)12-9-14-5-3-4-6-17(14)25-2/h3-8,10-11H,9,12H2,1-2H3,(H,22,23,24). The summed E-state index contributed by atoms with van der Waals surface area (Å²) in [5, 5.41) is 4.19. The Balaban J connectivity index is 1.65. The summed E-state index contributed by atoms with van der Waals surface area (Å²) in [4.78, 5) is 17.9. The van der Waals surface area contributed by atoms with E-state index in [0.29, 0.717) is 23.0 Å². The molecule has 4 nitrogen and oxygen atoms in total. The molecule has 0 fully saturated rings. The number of amides is 1. The summed E-state index contributed by atoms with van der Waals surface area (Å²) in [6.07, 6.45) is 0.986. The third kappa shape index (κ3) is 4.42. The number of nitrogens with zero attached hydrogens (tertiary/aromatic N) is 1. The molecule has 1 aromatic heterocycles. The van der Waals surface area contributed by atoms with E-state index in [2.05, 4.69) is 10.3 Å². The first-order valence-corrected chi connectivity index (χ1v) is 9.41. The largest absolute Gasteiger partial charge is 0.496 e. The van der Waals surface area contributed by atoms with E-state index in [1.54, 1.807) is 7.11 Å². The van der Waals surface area contributed by atoms with Gasteiger partial charge in [-0.3, -0.25) is 4.79 Å². The Hall–Kier alpha value is -2.37. The molecule has 0 atom stereocenters. The molecular formula is C20H19ClN2O2S. The quantitative estimate of drug-likeness (QED) is 0.621. The number of para-hydroxylation sites is 1. The molecule has 1 N–H and O–H groups in total. The van der Waals surface area contributed by atoms with Gasteiger partial charge in [0.05, 0.1) is 12.8 Å². The minimum atomic E-state index is -0.0627. The first-order valence-electron chi connectivity index (χ1n) is 8.22. The lowest BCUT2D eigenvalue weighted by atomic mass is 10.1. The number of halogens is 1. The van der Waals surface area contributed by atoms with Gasteiger partial charge in [-0.2, -0.15) is 0 Å². The number of thiazole rings is 1. The monoisotopic (exact) mass is 386 g/mol. The van der Waals surface area contributed by atoms with Crippen molar-refractivity contribution < 1.29 is 9.53 Å². The Labute approximate surface area is 161 Å². The summed E-state index contributed by atoms with van der Waals surface area (Å²) >= 11 is 7.41. The van der Waals surface area contributed by atoms with Crippen molar-refractivity contribution in [1.29, 1.82) is 0 Å². The zero-order chi connectivity index (χ0) is 18.5. The molecule has 134 valence electrons. The highest BCUT2D eigenvalue weighted by Gasteiger charge is 2.13. The molecule has 0 bridgehead atoms. The molecule has 26 heavy (non-hydrogen) atoms. The fraction of sp³-hybridized carbons (Fsp3) is 0.200. The van der Waals surface area contributed by atoms with Crippen LogP contribution in [0.25, 0.3) is 11.3 Å². The molecule has 1 heterocycles. The van der Waals surface area contributed by atoms with Gasteiger partial charge in [-0.25, -0.2) is 4.98 Å². The van der Waals surface area contributed by atoms with Crippen LogP contribution in [0.5, 0.6) is 5.75 Å². The van der Waals surface area contributed by atoms with Gasteiger partial charge in [0, 0.05) is 21.9 Å². The van der Waals surface area contributed by atoms with Gasteiger partial charge in [-0.05, 0) is 37.1 Å². The van der Waals surface area contributed by atoms with E-state index in [1.807, 2.05) is 55.5 Å². The average molecular weight is 387 g/mol. The second-order valence-electron chi connectivity index (χ2n) is 5.79. The Morgan fingerprint density at radius 2 is 1.92 bits per heavy atom. The molecule has 0 radical (unpaired) electrons. The molecule has 0 saturated heterocycles. The number of benzene rings is 2. The molecule has 0 saturated carbocycles. The number of hydrogen-bond acceptors (Lipinski definition) is 4. The third-order valence-corrected chi connectivity index (χ3v) is 5.11. The number of aryl methyl sites for hydroxylation is 2. The van der Waals surface area contributed by atoms with Crippen LogP contribution in [0.1, 0.15) is 16.9 Å². The Morgan fingerprint density at radius 3 is 2.65 bits per heavy atom. The van der Waals surface area contributed by atoms with Crippen LogP contribution >= 0.6 is 22.9 Å². The van der Waals surface area contributed by atoms with Gasteiger partial charge in [0.15, 0.2) is 5.13 Å². The molecule has 0 spiro atoms. The van der Waals surface area contributed by atoms with Crippen LogP contribution in [0.3, 0.4) is 0 Å². The number of anilines is 1. The molecule has 3 aromatic rings. The van der Waals surface area contributed by atoms with Crippen molar-refractivity contribution in [2.45, 2.75) is 19.8 Å². The fourth-order valence-corrected chi connectivity index (χ4v) is 3.64. The van der Waals surface area contributed by atoms with Crippen LogP contribution in [0, 0.1) is 6.92 Å². The van der Waals surface area contributed by atoms with E-state index in [-0.39, 0.29) is 5.91 Å². The first-order chi connectivity index (χ1) is 12.6. The summed E-state index contributed by atoms with van der Waals surface area (Å²) in [6, 6.07) is 15.3. The Bertz CT molecular complexity index is 906. The lowest BCUT2D eigenvalue weighted by Gasteiger charge is -2.07. The summed E-state index contributed by atoms with van der Waals surface area (Å²) in [5.74, 6) is 0.739. The molecule has 3 rings (SSSR count). The smallest absolute Gasteiger partial charge is 0.226 e. The van der Waals surface area contributed by atoms with Gasteiger partial charge < -0.3 is 10.1 Å². The van der Waals surface area contributed by atoms with Crippen LogP contribution in [-0.2, 0) is 11.2 Å². The zero-order valence-electron chi connectivity index (χ0n) is 14.6. The second-order valence-corrected chi connectivity index (χ2v) is 7.43. The SMILES string of the molecule is COc1ccccc1CCC(=O)Nc1nc(-c2ccc(Cl)cc2)c(C)s1. The van der Waals surface area contributed by atoms with Crippen molar-refractivity contribution in [2.75, 3.05) is 12.4 Å². The van der Waals surface area contributed by atoms with Crippen LogP contribution in [-0.4, -0.2) is 18.0 Å². The number of carbonyl (C=O) groups is 1. The predicted molar refractivity (Wildman–Crippen MR) is 107 cm³/mol. The molecule has 2 aromatic carbocycles. The number of carbonyl (C=O) groups excluding carboxylic acids is 1. The van der Waals surface area contributed by atoms with E-state index in [0.717, 1.165) is 27.4 Å². The summed E-state index contributed by atoms with van der Waals surface area (Å²) in [5.41, 5.74) is 2.87. The van der Waals surface area contributed by atoms with E-state index in [1.165, 1.54) is 11.3 Å². The van der Waals surface area contributed by atoms with Gasteiger partial charge in [0.2, 0.25) is 5.91 Å². The maximum Gasteiger partial charge on any atom is 0.226 e. The van der Waals surface area contributed by atoms with E-state index < -0.39 is 0 Å². The molecule has 0 unspecified atom stereocenters. The third-order valence-electron chi connectivity index (χ3n) is 3.97. The van der Waals surface area contributed by atoms with Crippen LogP contribution in [0.4, 0.5) is 5.13 Å². The maximum atomic E-state index is 12.3. The van der Waals surface area contributed by atoms with Crippen LogP contribution < -0.4 is 10.1 Å². The minimum absolute atomic E-state index is 0.0627. The zero-order valence-corrected chi connectivity index (χ0v) is 16.2. The minimum Gasteiger partial charge on any atom is -0.496 e. The molecule has 1 amide bonds. The van der Waals surface area contributed by atoms with E-state index in [9.17, 15) is 4.79 Å². The summed E-state index contributed by atoms with van der Waals surface area (Å²) < 4.78 is 5.32. The maximum absolute atomic E-state index is 12.3. The summed E-state index contributed by atoms with van der Waals surface area (Å²) in [6.45, 7) is 1.99. The fourth-order valence-electron chi connectivity index (χ4n) is 2.66. The van der Waals surface area contributed by atoms with Gasteiger partial charge in [-0.15, -0.1) is 11.3 Å². The normalized spacial score (nSPS) is 10.6. The number of rotatable bonds is 6. The first kappa shape index (κ1) is 18.4. The highest BCUT2D eigenvalue weighted by Crippen LogP contribution is 2.31. The Kier molecular flexibility index (Phi) is 5.91. The van der Waals surface area contributed by atoms with E-state index in [4.69, 9.17) is 16.3 Å². The van der Waals surface area contributed by atoms with Crippen LogP contribution in [0.2, 0.25) is 5.02 Å². The van der Waals surface area contributed by atoms with Crippen molar-refractivity contribution in [2.24, 2.45) is 0 Å². The van der Waals surface area contributed by atoms with Crippen molar-refractivity contribution in [3.8, 4) is 17.0 Å². The van der Waals surface area contributed by atoms with Crippen LogP contribution in [0.15, 0.2) is 48.5 Å². The highest BCUT2D eigenvalue weighted by atomic mass is 35.5. The van der Waals surface area contributed by atoms with Gasteiger partial charge in [-0.1, -0.05) is 41.9 Å². The number of nitrogens with one attached hydrogen (secondary N) is 1. The van der Waals surface area contributed by atoms with Gasteiger partial charge in [0.25, 0.3) is 0 Å². The van der Waals surface area contributed by atoms with Crippen molar-refractivity contribution in [3.05, 3.63) is 64.0 Å². The number of methoxy groups -OCH3 is 1. The molecule has 0 aliphatic rings. The topological polar surface area (TPSA) is 51.2 Å². The number of hydrogen-bond donors (Lipinski definition) is 1. The second kappa shape index (κ2) is 8.34. The van der Waals surface area contributed by atoms with Gasteiger partial charge in [0.1, 0.15) is 5.75 Å². The van der Waals surface area contributed by atoms with Crippen molar-refractivity contribution in [1.82, 2.24) is 4.98 Å². The Morgan fingerprint density at radius 1 is 1.19 bits per heavy atom. The van der Waals surface area contributed by atoms with Gasteiger partial charge >= 0.3 is 0 Å². The molecule has 6 heteroatoms. The molecular weight excluding hydrogens is 368 g/mol. The number of ether oxygens (including phenoxy) is 1. The summed E-state index contributed by atoms with van der Waals surface area (Å²) in [7, 11) is 1.63. The molecule has 0 aliphatic heterocycles. The van der Waals surface area contributed by atoms with Crippen molar-refractivity contribution >= 4 is 34.0 Å². The van der Waals surface area contributed by atoms with Crippen molar-refractivity contribution in [3.63, 3.8) is 0 Å². The number of aromatic nitrogens is 1.